The van der Waals surface area contributed by atoms with Gasteiger partial charge >= 0.3 is 0 Å². The second-order valence-electron chi connectivity index (χ2n) is 7.14. The third kappa shape index (κ3) is 3.58. The van der Waals surface area contributed by atoms with Gasteiger partial charge in [-0.3, -0.25) is 0 Å². The monoisotopic (exact) mass is 461 g/mol. The van der Waals surface area contributed by atoms with Gasteiger partial charge in [-0.15, -0.1) is 0 Å². The first-order valence-electron chi connectivity index (χ1n) is 9.60. The number of benzene rings is 2. The molecule has 1 saturated heterocycles. The van der Waals surface area contributed by atoms with E-state index in [2.05, 4.69) is 33.1 Å². The van der Waals surface area contributed by atoms with Crippen molar-refractivity contribution < 1.29 is 8.42 Å². The Hall–Kier alpha value is -1.83. The van der Waals surface area contributed by atoms with Gasteiger partial charge in [0.1, 0.15) is 4.90 Å². The molecular weight excluding hydrogens is 438 g/mol. The van der Waals surface area contributed by atoms with Crippen LogP contribution in [0.15, 0.2) is 64.1 Å². The standard InChI is InChI=1S/C21H24BrN3O2S/c1-2-24-13-10-16(11-14-24)23-19-7-5-8-20-17(19)12-15-25(20)28(26,27)21-9-4-3-6-18(21)22/h3-9,12,15-16,23H,2,10-11,13-14H2,1H3. The summed E-state index contributed by atoms with van der Waals surface area (Å²) in [4.78, 5) is 2.72. The van der Waals surface area contributed by atoms with Gasteiger partial charge in [-0.25, -0.2) is 12.4 Å². The molecule has 0 spiro atoms. The van der Waals surface area contributed by atoms with Crippen LogP contribution in [0.3, 0.4) is 0 Å². The molecule has 0 unspecified atom stereocenters. The van der Waals surface area contributed by atoms with Crippen LogP contribution in [0.1, 0.15) is 19.8 Å². The Balaban J connectivity index is 1.67. The highest BCUT2D eigenvalue weighted by Crippen LogP contribution is 2.31. The summed E-state index contributed by atoms with van der Waals surface area (Å²) in [5, 5.41) is 4.57. The fourth-order valence-corrected chi connectivity index (χ4v) is 6.17. The zero-order valence-corrected chi connectivity index (χ0v) is 18.2. The highest BCUT2D eigenvalue weighted by atomic mass is 79.9. The lowest BCUT2D eigenvalue weighted by atomic mass is 10.0. The van der Waals surface area contributed by atoms with E-state index in [1.807, 2.05) is 30.3 Å². The molecule has 0 bridgehead atoms. The van der Waals surface area contributed by atoms with Gasteiger partial charge in [-0.1, -0.05) is 25.1 Å². The maximum Gasteiger partial charge on any atom is 0.269 e. The zero-order valence-electron chi connectivity index (χ0n) is 15.8. The molecule has 3 aromatic rings. The third-order valence-electron chi connectivity index (χ3n) is 5.47. The molecule has 28 heavy (non-hydrogen) atoms. The van der Waals surface area contributed by atoms with Crippen LogP contribution in [-0.4, -0.2) is 43.0 Å². The van der Waals surface area contributed by atoms with Crippen LogP contribution in [0.25, 0.3) is 10.9 Å². The number of rotatable bonds is 5. The Kier molecular flexibility index (Phi) is 5.49. The maximum atomic E-state index is 13.2. The average molecular weight is 462 g/mol. The smallest absolute Gasteiger partial charge is 0.269 e. The average Bonchev–Trinajstić information content (AvgIpc) is 3.15. The van der Waals surface area contributed by atoms with E-state index < -0.39 is 10.0 Å². The van der Waals surface area contributed by atoms with E-state index in [-0.39, 0.29) is 4.90 Å². The van der Waals surface area contributed by atoms with E-state index in [0.717, 1.165) is 43.5 Å². The predicted octanol–water partition coefficient (Wildman–Crippen LogP) is 4.54. The first kappa shape index (κ1) is 19.5. The fourth-order valence-electron chi connectivity index (χ4n) is 3.85. The van der Waals surface area contributed by atoms with Gasteiger partial charge in [0.25, 0.3) is 10.0 Å². The van der Waals surface area contributed by atoms with E-state index >= 15 is 0 Å². The Morgan fingerprint density at radius 2 is 1.82 bits per heavy atom. The van der Waals surface area contributed by atoms with Gasteiger partial charge in [-0.05, 0) is 65.6 Å². The summed E-state index contributed by atoms with van der Waals surface area (Å²) in [6.45, 7) is 5.49. The van der Waals surface area contributed by atoms with E-state index in [0.29, 0.717) is 16.0 Å². The number of nitrogens with zero attached hydrogens (tertiary/aromatic N) is 2. The minimum atomic E-state index is -3.68. The summed E-state index contributed by atoms with van der Waals surface area (Å²) >= 11 is 3.36. The van der Waals surface area contributed by atoms with Crippen LogP contribution >= 0.6 is 15.9 Å². The molecule has 2 heterocycles. The van der Waals surface area contributed by atoms with Crippen LogP contribution in [0, 0.1) is 0 Å². The second-order valence-corrected chi connectivity index (χ2v) is 9.78. The van der Waals surface area contributed by atoms with E-state index in [9.17, 15) is 8.42 Å². The SMILES string of the molecule is CCN1CCC(Nc2cccc3c2ccn3S(=O)(=O)c2ccccc2Br)CC1. The van der Waals surface area contributed by atoms with Crippen LogP contribution < -0.4 is 5.32 Å². The molecule has 1 N–H and O–H groups in total. The third-order valence-corrected chi connectivity index (χ3v) is 8.17. The summed E-state index contributed by atoms with van der Waals surface area (Å²) in [7, 11) is -3.68. The molecule has 148 valence electrons. The van der Waals surface area contributed by atoms with Gasteiger partial charge < -0.3 is 10.2 Å². The topological polar surface area (TPSA) is 54.3 Å². The van der Waals surface area contributed by atoms with E-state index in [4.69, 9.17) is 0 Å². The number of aromatic nitrogens is 1. The summed E-state index contributed by atoms with van der Waals surface area (Å²) in [5.41, 5.74) is 1.68. The van der Waals surface area contributed by atoms with Crippen molar-refractivity contribution >= 4 is 42.5 Å². The van der Waals surface area contributed by atoms with Gasteiger partial charge in [0.2, 0.25) is 0 Å². The number of nitrogens with one attached hydrogen (secondary N) is 1. The minimum absolute atomic E-state index is 0.262. The molecule has 2 aromatic carbocycles. The van der Waals surface area contributed by atoms with Crippen LogP contribution in [0.5, 0.6) is 0 Å². The summed E-state index contributed by atoms with van der Waals surface area (Å²) < 4.78 is 28.3. The predicted molar refractivity (Wildman–Crippen MR) is 117 cm³/mol. The number of likely N-dealkylation sites (tertiary alicyclic amines) is 1. The normalized spacial score (nSPS) is 16.5. The maximum absolute atomic E-state index is 13.2. The number of halogens is 1. The second kappa shape index (κ2) is 7.89. The van der Waals surface area contributed by atoms with Crippen molar-refractivity contribution in [2.24, 2.45) is 0 Å². The van der Waals surface area contributed by atoms with Crippen molar-refractivity contribution in [3.8, 4) is 0 Å². The minimum Gasteiger partial charge on any atom is -0.382 e. The van der Waals surface area contributed by atoms with E-state index in [1.54, 1.807) is 24.4 Å². The summed E-state index contributed by atoms with van der Waals surface area (Å²) in [5.74, 6) is 0. The molecular formula is C21H24BrN3O2S. The quantitative estimate of drug-likeness (QED) is 0.605. The molecule has 0 saturated carbocycles. The molecule has 1 aromatic heterocycles. The summed E-state index contributed by atoms with van der Waals surface area (Å²) in [6.07, 6.45) is 3.84. The molecule has 5 nitrogen and oxygen atoms in total. The summed E-state index contributed by atoms with van der Waals surface area (Å²) in [6, 6.07) is 15.0. The van der Waals surface area contributed by atoms with Crippen molar-refractivity contribution in [3.63, 3.8) is 0 Å². The number of piperidine rings is 1. The van der Waals surface area contributed by atoms with Crippen LogP contribution in [0.4, 0.5) is 5.69 Å². The van der Waals surface area contributed by atoms with Crippen LogP contribution in [-0.2, 0) is 10.0 Å². The van der Waals surface area contributed by atoms with Gasteiger partial charge in [0, 0.05) is 40.9 Å². The Labute approximate surface area is 174 Å². The van der Waals surface area contributed by atoms with Crippen molar-refractivity contribution in [1.82, 2.24) is 8.87 Å². The van der Waals surface area contributed by atoms with Crippen molar-refractivity contribution in [3.05, 3.63) is 59.2 Å². The molecule has 0 atom stereocenters. The molecule has 7 heteroatoms. The Morgan fingerprint density at radius 3 is 2.54 bits per heavy atom. The van der Waals surface area contributed by atoms with E-state index in [1.165, 1.54) is 3.97 Å². The largest absolute Gasteiger partial charge is 0.382 e. The number of anilines is 1. The van der Waals surface area contributed by atoms with Crippen molar-refractivity contribution in [1.29, 1.82) is 0 Å². The molecule has 1 aliphatic heterocycles. The molecule has 1 fully saturated rings. The first-order valence-corrected chi connectivity index (χ1v) is 11.8. The first-order chi connectivity index (χ1) is 13.5. The Bertz CT molecular complexity index is 1090. The molecule has 0 aliphatic carbocycles. The number of hydrogen-bond donors (Lipinski definition) is 1. The van der Waals surface area contributed by atoms with Crippen molar-refractivity contribution in [2.45, 2.75) is 30.7 Å². The van der Waals surface area contributed by atoms with Crippen molar-refractivity contribution in [2.75, 3.05) is 25.0 Å². The molecule has 4 rings (SSSR count). The number of fused-ring (bicyclic) bond motifs is 1. The van der Waals surface area contributed by atoms with Gasteiger partial charge in [0.15, 0.2) is 0 Å². The number of hydrogen-bond acceptors (Lipinski definition) is 4. The zero-order chi connectivity index (χ0) is 19.7. The highest BCUT2D eigenvalue weighted by molar-refractivity contribution is 9.10. The fraction of sp³-hybridized carbons (Fsp3) is 0.333. The highest BCUT2D eigenvalue weighted by Gasteiger charge is 2.23. The molecule has 0 radical (unpaired) electrons. The van der Waals surface area contributed by atoms with Gasteiger partial charge in [-0.2, -0.15) is 0 Å². The molecule has 1 aliphatic rings. The lowest BCUT2D eigenvalue weighted by Crippen LogP contribution is -2.38. The van der Waals surface area contributed by atoms with Crippen LogP contribution in [0.2, 0.25) is 0 Å². The lowest BCUT2D eigenvalue weighted by Gasteiger charge is -2.32. The van der Waals surface area contributed by atoms with Gasteiger partial charge in [0.05, 0.1) is 5.52 Å². The Morgan fingerprint density at radius 1 is 1.07 bits per heavy atom. The molecule has 0 amide bonds. The lowest BCUT2D eigenvalue weighted by molar-refractivity contribution is 0.229.